The summed E-state index contributed by atoms with van der Waals surface area (Å²) in [4.78, 5) is 12.1. The lowest BCUT2D eigenvalue weighted by Crippen LogP contribution is -2.19. The van der Waals surface area contributed by atoms with Crippen LogP contribution in [0.3, 0.4) is 0 Å². The molecule has 3 nitrogen and oxygen atoms in total. The standard InChI is InChI=1S/C21H18ClNO2/c1-25-20-4-2-3-16(13-20)5-6-17-9-12-21(24)23(14-17)15-18-7-10-19(22)11-8-18/h2-14H,15H2,1H3. The fraction of sp³-hybridized carbons (Fsp3) is 0.0952. The molecule has 2 aromatic carbocycles. The van der Waals surface area contributed by atoms with Gasteiger partial charge in [-0.15, -0.1) is 0 Å². The van der Waals surface area contributed by atoms with Crippen LogP contribution in [0.5, 0.6) is 5.75 Å². The molecular weight excluding hydrogens is 334 g/mol. The van der Waals surface area contributed by atoms with Crippen molar-refractivity contribution in [3.05, 3.63) is 98.9 Å². The van der Waals surface area contributed by atoms with E-state index in [0.717, 1.165) is 22.4 Å². The zero-order valence-corrected chi connectivity index (χ0v) is 14.6. The Hall–Kier alpha value is -2.78. The Morgan fingerprint density at radius 2 is 1.76 bits per heavy atom. The van der Waals surface area contributed by atoms with Crippen LogP contribution in [-0.4, -0.2) is 11.7 Å². The smallest absolute Gasteiger partial charge is 0.250 e. The van der Waals surface area contributed by atoms with E-state index in [1.54, 1.807) is 17.7 Å². The first-order valence-electron chi connectivity index (χ1n) is 7.91. The van der Waals surface area contributed by atoms with E-state index in [4.69, 9.17) is 16.3 Å². The lowest BCUT2D eigenvalue weighted by atomic mass is 10.1. The third kappa shape index (κ3) is 4.61. The lowest BCUT2D eigenvalue weighted by Gasteiger charge is -2.07. The first-order chi connectivity index (χ1) is 12.1. The van der Waals surface area contributed by atoms with Crippen molar-refractivity contribution in [3.8, 4) is 5.75 Å². The summed E-state index contributed by atoms with van der Waals surface area (Å²) in [6.45, 7) is 0.511. The van der Waals surface area contributed by atoms with Gasteiger partial charge in [0.2, 0.25) is 0 Å². The Labute approximate surface area is 151 Å². The Bertz CT molecular complexity index is 943. The first kappa shape index (κ1) is 17.1. The molecule has 1 heterocycles. The molecule has 0 saturated carbocycles. The molecule has 3 aromatic rings. The van der Waals surface area contributed by atoms with E-state index in [0.29, 0.717) is 11.6 Å². The topological polar surface area (TPSA) is 31.2 Å². The molecule has 0 aliphatic carbocycles. The second-order valence-corrected chi connectivity index (χ2v) is 6.10. The fourth-order valence-corrected chi connectivity index (χ4v) is 2.62. The number of benzene rings is 2. The third-order valence-electron chi connectivity index (χ3n) is 3.83. The SMILES string of the molecule is COc1cccc(C=Cc2ccc(=O)n(Cc3ccc(Cl)cc3)c2)c1. The van der Waals surface area contributed by atoms with Gasteiger partial charge in [0.15, 0.2) is 0 Å². The number of hydrogen-bond donors (Lipinski definition) is 0. The number of halogens is 1. The first-order valence-corrected chi connectivity index (χ1v) is 8.29. The molecule has 0 atom stereocenters. The number of aromatic nitrogens is 1. The fourth-order valence-electron chi connectivity index (χ4n) is 2.50. The van der Waals surface area contributed by atoms with Gasteiger partial charge in [-0.3, -0.25) is 4.79 Å². The highest BCUT2D eigenvalue weighted by Gasteiger charge is 2.00. The molecule has 0 bridgehead atoms. The summed E-state index contributed by atoms with van der Waals surface area (Å²) < 4.78 is 6.92. The van der Waals surface area contributed by atoms with Gasteiger partial charge in [-0.1, -0.05) is 48.0 Å². The number of nitrogens with zero attached hydrogens (tertiary/aromatic N) is 1. The van der Waals surface area contributed by atoms with Gasteiger partial charge in [-0.2, -0.15) is 0 Å². The van der Waals surface area contributed by atoms with Crippen LogP contribution in [0.2, 0.25) is 5.02 Å². The van der Waals surface area contributed by atoms with Crippen LogP contribution in [0.1, 0.15) is 16.7 Å². The molecule has 25 heavy (non-hydrogen) atoms. The van der Waals surface area contributed by atoms with Gasteiger partial charge < -0.3 is 9.30 Å². The molecular formula is C21H18ClNO2. The third-order valence-corrected chi connectivity index (χ3v) is 4.09. The molecule has 126 valence electrons. The van der Waals surface area contributed by atoms with Crippen molar-refractivity contribution < 1.29 is 4.74 Å². The van der Waals surface area contributed by atoms with Gasteiger partial charge in [-0.05, 0) is 47.0 Å². The summed E-state index contributed by atoms with van der Waals surface area (Å²) in [6, 6.07) is 18.7. The molecule has 0 amide bonds. The number of rotatable bonds is 5. The molecule has 4 heteroatoms. The monoisotopic (exact) mass is 351 g/mol. The van der Waals surface area contributed by atoms with Crippen LogP contribution in [0, 0.1) is 0 Å². The Morgan fingerprint density at radius 1 is 1.00 bits per heavy atom. The van der Waals surface area contributed by atoms with Crippen LogP contribution >= 0.6 is 11.6 Å². The van der Waals surface area contributed by atoms with Crippen molar-refractivity contribution in [3.63, 3.8) is 0 Å². The van der Waals surface area contributed by atoms with Crippen LogP contribution in [0.25, 0.3) is 12.2 Å². The Morgan fingerprint density at radius 3 is 2.52 bits per heavy atom. The van der Waals surface area contributed by atoms with Crippen molar-refractivity contribution in [2.45, 2.75) is 6.54 Å². The van der Waals surface area contributed by atoms with E-state index in [2.05, 4.69) is 0 Å². The van der Waals surface area contributed by atoms with Crippen molar-refractivity contribution >= 4 is 23.8 Å². The van der Waals surface area contributed by atoms with Gasteiger partial charge >= 0.3 is 0 Å². The summed E-state index contributed by atoms with van der Waals surface area (Å²) in [7, 11) is 1.65. The Balaban J connectivity index is 1.82. The molecule has 0 aliphatic rings. The van der Waals surface area contributed by atoms with Gasteiger partial charge in [0.1, 0.15) is 5.75 Å². The zero-order valence-electron chi connectivity index (χ0n) is 13.9. The molecule has 1 aromatic heterocycles. The normalized spacial score (nSPS) is 11.0. The van der Waals surface area contributed by atoms with Crippen LogP contribution in [0.4, 0.5) is 0 Å². The van der Waals surface area contributed by atoms with Crippen LogP contribution in [0.15, 0.2) is 71.7 Å². The van der Waals surface area contributed by atoms with Gasteiger partial charge in [0.25, 0.3) is 5.56 Å². The number of hydrogen-bond acceptors (Lipinski definition) is 2. The van der Waals surface area contributed by atoms with E-state index < -0.39 is 0 Å². The second kappa shape index (κ2) is 7.86. The summed E-state index contributed by atoms with van der Waals surface area (Å²) in [6.07, 6.45) is 5.83. The number of ether oxygens (including phenoxy) is 1. The summed E-state index contributed by atoms with van der Waals surface area (Å²) in [5, 5.41) is 0.686. The second-order valence-electron chi connectivity index (χ2n) is 5.66. The predicted molar refractivity (Wildman–Crippen MR) is 103 cm³/mol. The van der Waals surface area contributed by atoms with Crippen molar-refractivity contribution in [2.24, 2.45) is 0 Å². The molecule has 0 N–H and O–H groups in total. The van der Waals surface area contributed by atoms with Gasteiger partial charge in [0.05, 0.1) is 13.7 Å². The van der Waals surface area contributed by atoms with E-state index in [1.807, 2.05) is 72.9 Å². The van der Waals surface area contributed by atoms with Gasteiger partial charge in [-0.25, -0.2) is 0 Å². The van der Waals surface area contributed by atoms with E-state index in [9.17, 15) is 4.79 Å². The summed E-state index contributed by atoms with van der Waals surface area (Å²) in [5.74, 6) is 0.815. The average molecular weight is 352 g/mol. The summed E-state index contributed by atoms with van der Waals surface area (Å²) >= 11 is 5.91. The maximum atomic E-state index is 12.1. The highest BCUT2D eigenvalue weighted by atomic mass is 35.5. The lowest BCUT2D eigenvalue weighted by molar-refractivity contribution is 0.414. The maximum Gasteiger partial charge on any atom is 0.250 e. The Kier molecular flexibility index (Phi) is 5.36. The van der Waals surface area contributed by atoms with Crippen molar-refractivity contribution in [2.75, 3.05) is 7.11 Å². The van der Waals surface area contributed by atoms with Crippen molar-refractivity contribution in [1.29, 1.82) is 0 Å². The number of methoxy groups -OCH3 is 1. The highest BCUT2D eigenvalue weighted by Crippen LogP contribution is 2.15. The molecule has 0 radical (unpaired) electrons. The zero-order chi connectivity index (χ0) is 17.6. The minimum atomic E-state index is -0.0338. The van der Waals surface area contributed by atoms with Gasteiger partial charge in [0, 0.05) is 17.3 Å². The van der Waals surface area contributed by atoms with E-state index in [1.165, 1.54) is 0 Å². The summed E-state index contributed by atoms with van der Waals surface area (Å²) in [5.41, 5.74) is 2.99. The quantitative estimate of drug-likeness (QED) is 0.665. The molecule has 0 spiro atoms. The van der Waals surface area contributed by atoms with E-state index in [-0.39, 0.29) is 5.56 Å². The van der Waals surface area contributed by atoms with E-state index >= 15 is 0 Å². The minimum absolute atomic E-state index is 0.0338. The van der Waals surface area contributed by atoms with Crippen LogP contribution in [-0.2, 0) is 6.54 Å². The minimum Gasteiger partial charge on any atom is -0.497 e. The van der Waals surface area contributed by atoms with Crippen LogP contribution < -0.4 is 10.3 Å². The van der Waals surface area contributed by atoms with Crippen molar-refractivity contribution in [1.82, 2.24) is 4.57 Å². The molecule has 0 saturated heterocycles. The maximum absolute atomic E-state index is 12.1. The molecule has 0 unspecified atom stereocenters. The average Bonchev–Trinajstić information content (AvgIpc) is 2.64. The molecule has 0 fully saturated rings. The largest absolute Gasteiger partial charge is 0.497 e. The predicted octanol–water partition coefficient (Wildman–Crippen LogP) is 4.73. The number of pyridine rings is 1. The highest BCUT2D eigenvalue weighted by molar-refractivity contribution is 6.30. The molecule has 0 aliphatic heterocycles. The molecule has 3 rings (SSSR count).